The van der Waals surface area contributed by atoms with Crippen LogP contribution in [0.2, 0.25) is 0 Å². The number of aromatic amines is 1. The molecule has 0 spiro atoms. The lowest BCUT2D eigenvalue weighted by Crippen LogP contribution is -2.35. The summed E-state index contributed by atoms with van der Waals surface area (Å²) in [7, 11) is 0. The summed E-state index contributed by atoms with van der Waals surface area (Å²) in [5.41, 5.74) is 4.88. The molecule has 1 aliphatic rings. The monoisotopic (exact) mass is 450 g/mol. The molecule has 2 atom stereocenters. The van der Waals surface area contributed by atoms with E-state index in [2.05, 4.69) is 10.3 Å². The maximum atomic E-state index is 14.6. The summed E-state index contributed by atoms with van der Waals surface area (Å²) < 4.78 is 40.1. The molecule has 0 fully saturated rings. The van der Waals surface area contributed by atoms with Crippen molar-refractivity contribution in [1.82, 2.24) is 10.3 Å². The van der Waals surface area contributed by atoms with Crippen LogP contribution in [0.15, 0.2) is 71.6 Å². The predicted octanol–water partition coefficient (Wildman–Crippen LogP) is 5.72. The van der Waals surface area contributed by atoms with Gasteiger partial charge in [0.15, 0.2) is 4.90 Å². The van der Waals surface area contributed by atoms with Crippen LogP contribution in [-0.4, -0.2) is 21.3 Å². The van der Waals surface area contributed by atoms with Gasteiger partial charge in [-0.25, -0.2) is 8.78 Å². The van der Waals surface area contributed by atoms with E-state index >= 15 is 0 Å². The zero-order valence-corrected chi connectivity index (χ0v) is 18.4. The molecular weight excluding hydrogens is 426 g/mol. The maximum absolute atomic E-state index is 14.6. The second-order valence-electron chi connectivity index (χ2n) is 8.22. The third-order valence-electron chi connectivity index (χ3n) is 6.16. The first-order valence-electron chi connectivity index (χ1n) is 10.8. The first-order valence-corrected chi connectivity index (χ1v) is 12.2. The lowest BCUT2D eigenvalue weighted by atomic mass is 9.94. The second kappa shape index (κ2) is 9.06. The van der Waals surface area contributed by atoms with Crippen molar-refractivity contribution in [3.05, 3.63) is 89.6 Å². The Labute approximate surface area is 189 Å². The van der Waals surface area contributed by atoms with E-state index in [4.69, 9.17) is 0 Å². The minimum Gasteiger partial charge on any atom is -0.611 e. The summed E-state index contributed by atoms with van der Waals surface area (Å²) in [5, 5.41) is 4.53. The van der Waals surface area contributed by atoms with Gasteiger partial charge in [-0.2, -0.15) is 0 Å². The van der Waals surface area contributed by atoms with Crippen LogP contribution >= 0.6 is 0 Å². The molecule has 6 heteroatoms. The SMILES string of the molecule is [O-][S+](CCCC1Cc2[nH]c3c(F)ccc(-c4ccccc4)c3c2CN1)c1ccc(F)cc1. The molecule has 2 N–H and O–H groups in total. The Bertz CT molecular complexity index is 1220. The van der Waals surface area contributed by atoms with E-state index in [1.54, 1.807) is 12.1 Å². The summed E-state index contributed by atoms with van der Waals surface area (Å²) >= 11 is -1.13. The molecule has 0 aliphatic carbocycles. The summed E-state index contributed by atoms with van der Waals surface area (Å²) in [4.78, 5) is 4.00. The van der Waals surface area contributed by atoms with Crippen LogP contribution in [0.5, 0.6) is 0 Å². The molecule has 5 rings (SSSR count). The smallest absolute Gasteiger partial charge is 0.152 e. The van der Waals surface area contributed by atoms with Crippen LogP contribution in [0.1, 0.15) is 24.1 Å². The standard InChI is InChI=1S/C26H24F2N2OS/c27-18-8-10-20(11-9-18)32(31)14-4-7-19-15-24-22(16-29-19)25-21(17-5-2-1-3-6-17)12-13-23(28)26(25)30-24/h1-3,5-6,8-13,19,29-30H,4,7,14-16H2. The van der Waals surface area contributed by atoms with Crippen LogP contribution in [-0.2, 0) is 24.1 Å². The first kappa shape index (κ1) is 21.2. The number of aromatic nitrogens is 1. The van der Waals surface area contributed by atoms with E-state index in [0.29, 0.717) is 22.7 Å². The summed E-state index contributed by atoms with van der Waals surface area (Å²) in [6, 6.07) is 19.5. The fourth-order valence-electron chi connectivity index (χ4n) is 4.55. The van der Waals surface area contributed by atoms with Crippen molar-refractivity contribution in [2.75, 3.05) is 5.75 Å². The van der Waals surface area contributed by atoms with Gasteiger partial charge in [0.05, 0.1) is 5.52 Å². The van der Waals surface area contributed by atoms with Gasteiger partial charge in [0.2, 0.25) is 0 Å². The predicted molar refractivity (Wildman–Crippen MR) is 125 cm³/mol. The first-order chi connectivity index (χ1) is 15.6. The number of fused-ring (bicyclic) bond motifs is 3. The third-order valence-corrected chi connectivity index (χ3v) is 7.62. The molecule has 0 amide bonds. The number of rotatable bonds is 6. The Kier molecular flexibility index (Phi) is 6.00. The largest absolute Gasteiger partial charge is 0.611 e. The Morgan fingerprint density at radius 3 is 2.53 bits per heavy atom. The zero-order chi connectivity index (χ0) is 22.1. The summed E-state index contributed by atoms with van der Waals surface area (Å²) in [6.45, 7) is 0.671. The number of hydrogen-bond acceptors (Lipinski definition) is 2. The van der Waals surface area contributed by atoms with Crippen LogP contribution in [0.4, 0.5) is 8.78 Å². The maximum Gasteiger partial charge on any atom is 0.152 e. The van der Waals surface area contributed by atoms with Crippen molar-refractivity contribution in [3.63, 3.8) is 0 Å². The minimum atomic E-state index is -1.13. The van der Waals surface area contributed by atoms with Gasteiger partial charge in [0.25, 0.3) is 0 Å². The average molecular weight is 451 g/mol. The Morgan fingerprint density at radius 2 is 1.75 bits per heavy atom. The van der Waals surface area contributed by atoms with E-state index in [1.165, 1.54) is 18.2 Å². The van der Waals surface area contributed by atoms with Gasteiger partial charge < -0.3 is 14.9 Å². The quantitative estimate of drug-likeness (QED) is 0.370. The zero-order valence-electron chi connectivity index (χ0n) is 17.5. The highest BCUT2D eigenvalue weighted by molar-refractivity contribution is 7.91. The van der Waals surface area contributed by atoms with Gasteiger partial charge >= 0.3 is 0 Å². The molecule has 0 bridgehead atoms. The van der Waals surface area contributed by atoms with Gasteiger partial charge in [-0.3, -0.25) is 0 Å². The van der Waals surface area contributed by atoms with Gasteiger partial charge in [0, 0.05) is 30.1 Å². The van der Waals surface area contributed by atoms with Gasteiger partial charge in [-0.1, -0.05) is 36.4 Å². The number of hydrogen-bond donors (Lipinski definition) is 2. The molecule has 164 valence electrons. The van der Waals surface area contributed by atoms with E-state index in [-0.39, 0.29) is 17.7 Å². The van der Waals surface area contributed by atoms with E-state index < -0.39 is 11.2 Å². The Balaban J connectivity index is 1.30. The number of halogens is 2. The molecule has 0 saturated carbocycles. The molecule has 1 aliphatic heterocycles. The lowest BCUT2D eigenvalue weighted by Gasteiger charge is -2.24. The normalized spacial score (nSPS) is 16.8. The fraction of sp³-hybridized carbons (Fsp3) is 0.231. The molecule has 0 radical (unpaired) electrons. The van der Waals surface area contributed by atoms with Crippen LogP contribution in [0, 0.1) is 11.6 Å². The van der Waals surface area contributed by atoms with E-state index in [9.17, 15) is 13.3 Å². The molecule has 32 heavy (non-hydrogen) atoms. The van der Waals surface area contributed by atoms with Gasteiger partial charge in [-0.05, 0) is 71.0 Å². The van der Waals surface area contributed by atoms with Crippen molar-refractivity contribution < 1.29 is 13.3 Å². The molecule has 3 nitrogen and oxygen atoms in total. The molecular formula is C26H24F2N2OS. The highest BCUT2D eigenvalue weighted by Gasteiger charge is 2.25. The minimum absolute atomic E-state index is 0.236. The fourth-order valence-corrected chi connectivity index (χ4v) is 5.66. The van der Waals surface area contributed by atoms with Crippen LogP contribution < -0.4 is 5.32 Å². The van der Waals surface area contributed by atoms with Crippen LogP contribution in [0.25, 0.3) is 22.0 Å². The number of H-pyrrole nitrogens is 1. The van der Waals surface area contributed by atoms with Crippen molar-refractivity contribution in [2.45, 2.75) is 36.7 Å². The molecule has 2 unspecified atom stereocenters. The van der Waals surface area contributed by atoms with Crippen molar-refractivity contribution in [3.8, 4) is 11.1 Å². The average Bonchev–Trinajstić information content (AvgIpc) is 3.20. The topological polar surface area (TPSA) is 50.9 Å². The highest BCUT2D eigenvalue weighted by Crippen LogP contribution is 2.36. The van der Waals surface area contributed by atoms with E-state index in [0.717, 1.165) is 47.0 Å². The van der Waals surface area contributed by atoms with Crippen molar-refractivity contribution in [1.29, 1.82) is 0 Å². The molecule has 2 heterocycles. The molecule has 0 saturated heterocycles. The second-order valence-corrected chi connectivity index (χ2v) is 9.79. The third kappa shape index (κ3) is 4.18. The van der Waals surface area contributed by atoms with Crippen LogP contribution in [0.3, 0.4) is 0 Å². The molecule has 4 aromatic rings. The van der Waals surface area contributed by atoms with Gasteiger partial charge in [0.1, 0.15) is 17.4 Å². The Hall–Kier alpha value is -2.67. The van der Waals surface area contributed by atoms with Crippen molar-refractivity contribution in [2.24, 2.45) is 0 Å². The number of benzene rings is 3. The summed E-state index contributed by atoms with van der Waals surface area (Å²) in [6.07, 6.45) is 2.44. The number of nitrogens with one attached hydrogen (secondary N) is 2. The van der Waals surface area contributed by atoms with Crippen molar-refractivity contribution >= 4 is 22.1 Å². The lowest BCUT2D eigenvalue weighted by molar-refractivity contribution is 0.445. The van der Waals surface area contributed by atoms with Gasteiger partial charge in [-0.15, -0.1) is 0 Å². The Morgan fingerprint density at radius 1 is 0.969 bits per heavy atom. The molecule has 1 aromatic heterocycles. The summed E-state index contributed by atoms with van der Waals surface area (Å²) in [5.74, 6) is -0.0191. The molecule has 3 aromatic carbocycles. The van der Waals surface area contributed by atoms with E-state index in [1.807, 2.05) is 36.4 Å². The highest BCUT2D eigenvalue weighted by atomic mass is 32.2.